The Labute approximate surface area is 178 Å². The van der Waals surface area contributed by atoms with Crippen molar-refractivity contribution in [3.8, 4) is 0 Å². The van der Waals surface area contributed by atoms with Crippen LogP contribution in [-0.2, 0) is 22.4 Å². The van der Waals surface area contributed by atoms with Crippen molar-refractivity contribution in [1.29, 1.82) is 0 Å². The fourth-order valence-corrected chi connectivity index (χ4v) is 3.84. The normalized spacial score (nSPS) is 16.8. The van der Waals surface area contributed by atoms with Crippen LogP contribution >= 0.6 is 0 Å². The molecule has 0 radical (unpaired) electrons. The zero-order valence-corrected chi connectivity index (χ0v) is 18.1. The summed E-state index contributed by atoms with van der Waals surface area (Å²) in [7, 11) is 3.89. The van der Waals surface area contributed by atoms with Gasteiger partial charge in [-0.2, -0.15) is 0 Å². The maximum atomic E-state index is 12.9. The lowest BCUT2D eigenvalue weighted by Crippen LogP contribution is -2.37. The van der Waals surface area contributed by atoms with E-state index < -0.39 is 0 Å². The minimum atomic E-state index is 0.0512. The maximum Gasteiger partial charge on any atom is 0.222 e. The number of aryl methyl sites for hydroxylation is 1. The predicted octanol–water partition coefficient (Wildman–Crippen LogP) is 2.02. The summed E-state index contributed by atoms with van der Waals surface area (Å²) in [6.45, 7) is 4.03. The lowest BCUT2D eigenvalue weighted by Gasteiger charge is -2.24. The van der Waals surface area contributed by atoms with E-state index in [1.54, 1.807) is 13.3 Å². The van der Waals surface area contributed by atoms with Crippen LogP contribution in [0.25, 0.3) is 0 Å². The highest BCUT2D eigenvalue weighted by Gasteiger charge is 2.27. The number of aromatic nitrogens is 2. The molecule has 2 heterocycles. The monoisotopic (exact) mass is 409 g/mol. The highest BCUT2D eigenvalue weighted by atomic mass is 16.2. The van der Waals surface area contributed by atoms with Crippen molar-refractivity contribution in [3.63, 3.8) is 0 Å². The van der Waals surface area contributed by atoms with Gasteiger partial charge in [-0.1, -0.05) is 30.3 Å². The highest BCUT2D eigenvalue weighted by molar-refractivity contribution is 5.77. The Balaban J connectivity index is 1.68. The van der Waals surface area contributed by atoms with Crippen LogP contribution in [0.15, 0.2) is 42.7 Å². The lowest BCUT2D eigenvalue weighted by atomic mass is 10.0. The molecule has 7 heteroatoms. The topological polar surface area (TPSA) is 69.6 Å². The zero-order valence-electron chi connectivity index (χ0n) is 18.1. The van der Waals surface area contributed by atoms with Gasteiger partial charge in [0.05, 0.1) is 0 Å². The average Bonchev–Trinajstić information content (AvgIpc) is 2.96. The largest absolute Gasteiger partial charge is 0.363 e. The van der Waals surface area contributed by atoms with Crippen molar-refractivity contribution in [2.45, 2.75) is 26.2 Å². The first kappa shape index (κ1) is 21.7. The van der Waals surface area contributed by atoms with E-state index in [2.05, 4.69) is 9.97 Å². The molecule has 1 aromatic heterocycles. The van der Waals surface area contributed by atoms with Gasteiger partial charge in [0.25, 0.3) is 0 Å². The van der Waals surface area contributed by atoms with Gasteiger partial charge in [0.1, 0.15) is 12.1 Å². The van der Waals surface area contributed by atoms with Gasteiger partial charge in [-0.25, -0.2) is 9.97 Å². The fraction of sp³-hybridized carbons (Fsp3) is 0.478. The Morgan fingerprint density at radius 2 is 1.77 bits per heavy atom. The standard InChI is InChI=1S/C23H31N5O2/c1-18(29)27-11-12-28(23(30)10-9-19-7-5-4-6-8-19)16-20(15-27)13-21-14-22(26(2)3)25-17-24-21/h4-8,14,17,20H,9-13,15-16H2,1-3H3. The molecular weight excluding hydrogens is 378 g/mol. The molecule has 0 saturated carbocycles. The molecule has 3 rings (SSSR count). The average molecular weight is 410 g/mol. The van der Waals surface area contributed by atoms with E-state index in [9.17, 15) is 9.59 Å². The summed E-state index contributed by atoms with van der Waals surface area (Å²) in [4.78, 5) is 39.4. The van der Waals surface area contributed by atoms with Gasteiger partial charge in [0, 0.05) is 65.4 Å². The Morgan fingerprint density at radius 3 is 2.47 bits per heavy atom. The summed E-state index contributed by atoms with van der Waals surface area (Å²) in [5.41, 5.74) is 2.10. The van der Waals surface area contributed by atoms with Gasteiger partial charge in [0.15, 0.2) is 0 Å². The molecule has 1 aliphatic heterocycles. The van der Waals surface area contributed by atoms with Crippen LogP contribution in [-0.4, -0.2) is 71.9 Å². The number of rotatable bonds is 6. The van der Waals surface area contributed by atoms with Crippen molar-refractivity contribution in [2.75, 3.05) is 45.2 Å². The maximum absolute atomic E-state index is 12.9. The van der Waals surface area contributed by atoms with Gasteiger partial charge in [0.2, 0.25) is 11.8 Å². The van der Waals surface area contributed by atoms with E-state index in [1.165, 1.54) is 5.56 Å². The van der Waals surface area contributed by atoms with Gasteiger partial charge < -0.3 is 14.7 Å². The second-order valence-corrected chi connectivity index (χ2v) is 8.12. The number of anilines is 1. The molecule has 2 aromatic rings. The molecule has 0 N–H and O–H groups in total. The predicted molar refractivity (Wildman–Crippen MR) is 117 cm³/mol. The SMILES string of the molecule is CC(=O)N1CCN(C(=O)CCc2ccccc2)CC(Cc2cc(N(C)C)ncn2)C1. The van der Waals surface area contributed by atoms with Crippen molar-refractivity contribution in [1.82, 2.24) is 19.8 Å². The van der Waals surface area contributed by atoms with E-state index in [0.29, 0.717) is 39.0 Å². The minimum absolute atomic E-state index is 0.0512. The third-order valence-corrected chi connectivity index (χ3v) is 5.53. The van der Waals surface area contributed by atoms with E-state index >= 15 is 0 Å². The molecule has 2 amide bonds. The van der Waals surface area contributed by atoms with E-state index in [0.717, 1.165) is 17.9 Å². The summed E-state index contributed by atoms with van der Waals surface area (Å²) in [5, 5.41) is 0. The number of hydrogen-bond acceptors (Lipinski definition) is 5. The van der Waals surface area contributed by atoms with Crippen LogP contribution in [0, 0.1) is 5.92 Å². The molecule has 1 unspecified atom stereocenters. The Morgan fingerprint density at radius 1 is 1.07 bits per heavy atom. The molecule has 1 aromatic carbocycles. The third kappa shape index (κ3) is 6.02. The van der Waals surface area contributed by atoms with Crippen LogP contribution < -0.4 is 4.90 Å². The van der Waals surface area contributed by atoms with Crippen LogP contribution in [0.5, 0.6) is 0 Å². The molecule has 1 saturated heterocycles. The fourth-order valence-electron chi connectivity index (χ4n) is 3.84. The van der Waals surface area contributed by atoms with Gasteiger partial charge in [-0.05, 0) is 24.3 Å². The Bertz CT molecular complexity index is 856. The van der Waals surface area contributed by atoms with Gasteiger partial charge >= 0.3 is 0 Å². The molecule has 30 heavy (non-hydrogen) atoms. The summed E-state index contributed by atoms with van der Waals surface area (Å²) in [6, 6.07) is 12.0. The highest BCUT2D eigenvalue weighted by Crippen LogP contribution is 2.18. The number of carbonyl (C=O) groups is 2. The van der Waals surface area contributed by atoms with Crippen molar-refractivity contribution >= 4 is 17.6 Å². The second kappa shape index (κ2) is 10.2. The van der Waals surface area contributed by atoms with Crippen molar-refractivity contribution in [3.05, 3.63) is 54.0 Å². The number of carbonyl (C=O) groups excluding carboxylic acids is 2. The van der Waals surface area contributed by atoms with Crippen LogP contribution in [0.1, 0.15) is 24.6 Å². The summed E-state index contributed by atoms with van der Waals surface area (Å²) in [5.74, 6) is 1.19. The first-order chi connectivity index (χ1) is 14.4. The molecule has 1 atom stereocenters. The first-order valence-electron chi connectivity index (χ1n) is 10.5. The van der Waals surface area contributed by atoms with Gasteiger partial charge in [-0.3, -0.25) is 9.59 Å². The van der Waals surface area contributed by atoms with Crippen LogP contribution in [0.2, 0.25) is 0 Å². The van der Waals surface area contributed by atoms with Gasteiger partial charge in [-0.15, -0.1) is 0 Å². The Kier molecular flexibility index (Phi) is 7.38. The van der Waals surface area contributed by atoms with Crippen LogP contribution in [0.3, 0.4) is 0 Å². The molecule has 7 nitrogen and oxygen atoms in total. The van der Waals surface area contributed by atoms with Crippen molar-refractivity contribution in [2.24, 2.45) is 5.92 Å². The summed E-state index contributed by atoms with van der Waals surface area (Å²) in [6.07, 6.45) is 3.49. The molecule has 0 spiro atoms. The number of benzene rings is 1. The lowest BCUT2D eigenvalue weighted by molar-refractivity contribution is -0.132. The molecular formula is C23H31N5O2. The molecule has 1 fully saturated rings. The number of hydrogen-bond donors (Lipinski definition) is 0. The summed E-state index contributed by atoms with van der Waals surface area (Å²) >= 11 is 0. The number of amides is 2. The molecule has 0 bridgehead atoms. The minimum Gasteiger partial charge on any atom is -0.363 e. The summed E-state index contributed by atoms with van der Waals surface area (Å²) < 4.78 is 0. The van der Waals surface area contributed by atoms with E-state index in [-0.39, 0.29) is 17.7 Å². The second-order valence-electron chi connectivity index (χ2n) is 8.12. The molecule has 0 aliphatic carbocycles. The Hall–Kier alpha value is -2.96. The molecule has 160 valence electrons. The van der Waals surface area contributed by atoms with Crippen LogP contribution in [0.4, 0.5) is 5.82 Å². The van der Waals surface area contributed by atoms with E-state index in [4.69, 9.17) is 0 Å². The quantitative estimate of drug-likeness (QED) is 0.730. The third-order valence-electron chi connectivity index (χ3n) is 5.53. The molecule has 1 aliphatic rings. The smallest absolute Gasteiger partial charge is 0.222 e. The zero-order chi connectivity index (χ0) is 21.5. The number of nitrogens with zero attached hydrogens (tertiary/aromatic N) is 5. The van der Waals surface area contributed by atoms with Crippen molar-refractivity contribution < 1.29 is 9.59 Å². The first-order valence-corrected chi connectivity index (χ1v) is 10.5. The van der Waals surface area contributed by atoms with E-state index in [1.807, 2.05) is 65.2 Å².